The van der Waals surface area contributed by atoms with Gasteiger partial charge >= 0.3 is 0 Å². The van der Waals surface area contributed by atoms with Gasteiger partial charge in [-0.15, -0.1) is 4.95 Å². The van der Waals surface area contributed by atoms with Gasteiger partial charge in [0.15, 0.2) is 0 Å². The Hall–Kier alpha value is -2.33. The fraction of sp³-hybridized carbons (Fsp3) is 0.0909. The second kappa shape index (κ2) is 5.33. The van der Waals surface area contributed by atoms with Crippen LogP contribution in [-0.4, -0.2) is 21.6 Å². The van der Waals surface area contributed by atoms with Crippen molar-refractivity contribution in [2.45, 2.75) is 0 Å². The predicted molar refractivity (Wildman–Crippen MR) is 73.5 cm³/mol. The monoisotopic (exact) mass is 259 g/mol. The fourth-order valence-electron chi connectivity index (χ4n) is 1.46. The highest BCUT2D eigenvalue weighted by Gasteiger charge is 2.04. The molecule has 0 aliphatic heterocycles. The van der Waals surface area contributed by atoms with Crippen LogP contribution in [0.15, 0.2) is 34.3 Å². The Morgan fingerprint density at radius 3 is 3.17 bits per heavy atom. The van der Waals surface area contributed by atoms with Gasteiger partial charge in [0.05, 0.1) is 11.6 Å². The van der Waals surface area contributed by atoms with Gasteiger partial charge in [-0.3, -0.25) is 4.79 Å². The first-order valence-corrected chi connectivity index (χ1v) is 6.20. The topological polar surface area (TPSA) is 74.5 Å². The van der Waals surface area contributed by atoms with Gasteiger partial charge in [0.2, 0.25) is 5.17 Å². The second-order valence-corrected chi connectivity index (χ2v) is 4.13. The Balaban J connectivity index is 2.40. The summed E-state index contributed by atoms with van der Waals surface area (Å²) in [5.74, 6) is 0. The summed E-state index contributed by atoms with van der Waals surface area (Å²) in [7, 11) is 0. The average molecular weight is 259 g/mol. The van der Waals surface area contributed by atoms with Crippen molar-refractivity contribution in [2.75, 3.05) is 11.6 Å². The van der Waals surface area contributed by atoms with Gasteiger partial charge in [-0.05, 0) is 24.5 Å². The molecule has 1 aromatic heterocycles. The fourth-order valence-corrected chi connectivity index (χ4v) is 1.80. The number of hydrogen-bond donors (Lipinski definition) is 2. The quantitative estimate of drug-likeness (QED) is 0.355. The molecule has 2 N–H and O–H groups in total. The second-order valence-electron chi connectivity index (χ2n) is 3.34. The number of nitrogens with zero attached hydrogens (tertiary/aromatic N) is 3. The Bertz CT molecular complexity index is 700. The number of rotatable bonds is 1. The number of anilines is 1. The van der Waals surface area contributed by atoms with Crippen molar-refractivity contribution in [1.29, 1.82) is 0 Å². The molecular formula is C11H9N5OS. The van der Waals surface area contributed by atoms with Crippen LogP contribution in [0.3, 0.4) is 0 Å². The van der Waals surface area contributed by atoms with Crippen LogP contribution in [0.4, 0.5) is 5.69 Å². The summed E-state index contributed by atoms with van der Waals surface area (Å²) in [5.41, 5.74) is 0.533. The van der Waals surface area contributed by atoms with Crippen LogP contribution >= 0.6 is 11.8 Å². The summed E-state index contributed by atoms with van der Waals surface area (Å²) in [5, 5.41) is 14.5. The van der Waals surface area contributed by atoms with Crippen molar-refractivity contribution in [1.82, 2.24) is 10.2 Å². The molecule has 1 aromatic carbocycles. The molecule has 18 heavy (non-hydrogen) atoms. The van der Waals surface area contributed by atoms with Crippen molar-refractivity contribution >= 4 is 33.4 Å². The number of benzene rings is 1. The summed E-state index contributed by atoms with van der Waals surface area (Å²) >= 11 is 1.34. The normalized spacial score (nSPS) is 11.2. The van der Waals surface area contributed by atoms with Crippen molar-refractivity contribution in [3.8, 4) is 0 Å². The van der Waals surface area contributed by atoms with E-state index >= 15 is 0 Å². The van der Waals surface area contributed by atoms with E-state index in [0.29, 0.717) is 10.6 Å². The van der Waals surface area contributed by atoms with Gasteiger partial charge in [0.25, 0.3) is 5.56 Å². The van der Waals surface area contributed by atoms with Gasteiger partial charge in [-0.25, -0.2) is 5.10 Å². The Morgan fingerprint density at radius 1 is 1.61 bits per heavy atom. The number of hydrogen-bond acceptors (Lipinski definition) is 4. The van der Waals surface area contributed by atoms with Crippen LogP contribution in [0.5, 0.6) is 0 Å². The molecule has 0 aliphatic carbocycles. The standard InChI is InChI=1S/C11H9N5OS/c1-12-16-11(18-2)14-8-3-4-9-7(5-8)6-13-15-10(9)17/h3-6H,2H3,(H,14,16)(H,15,17). The van der Waals surface area contributed by atoms with Gasteiger partial charge < -0.3 is 5.32 Å². The van der Waals surface area contributed by atoms with Crippen LogP contribution in [0, 0.1) is 6.57 Å². The molecule has 0 saturated heterocycles. The Kier molecular flexibility index (Phi) is 3.60. The number of thioether (sulfide) groups is 1. The molecular weight excluding hydrogens is 250 g/mol. The van der Waals surface area contributed by atoms with Crippen molar-refractivity contribution in [2.24, 2.45) is 5.10 Å². The highest BCUT2D eigenvalue weighted by molar-refractivity contribution is 8.13. The SMILES string of the molecule is [C-]#[N+]N=C(Nc1ccc2c(=O)[nH]ncc2c1)SC. The molecule has 1 heterocycles. The minimum atomic E-state index is -0.223. The zero-order valence-electron chi connectivity index (χ0n) is 9.47. The molecule has 0 aliphatic rings. The van der Waals surface area contributed by atoms with Gasteiger partial charge in [0.1, 0.15) is 5.10 Å². The van der Waals surface area contributed by atoms with E-state index in [-0.39, 0.29) is 5.56 Å². The van der Waals surface area contributed by atoms with E-state index < -0.39 is 0 Å². The Labute approximate surface area is 107 Å². The lowest BCUT2D eigenvalue weighted by Crippen LogP contribution is -2.09. The Morgan fingerprint density at radius 2 is 2.44 bits per heavy atom. The lowest BCUT2D eigenvalue weighted by atomic mass is 10.2. The smallest absolute Gasteiger partial charge is 0.272 e. The minimum Gasteiger partial charge on any atom is -0.329 e. The highest BCUT2D eigenvalue weighted by Crippen LogP contribution is 2.16. The molecule has 0 fully saturated rings. The minimum absolute atomic E-state index is 0.223. The van der Waals surface area contributed by atoms with E-state index in [1.54, 1.807) is 24.4 Å². The first-order valence-electron chi connectivity index (χ1n) is 4.97. The van der Waals surface area contributed by atoms with Gasteiger partial charge in [-0.2, -0.15) is 11.7 Å². The summed E-state index contributed by atoms with van der Waals surface area (Å²) in [6, 6.07) is 5.24. The van der Waals surface area contributed by atoms with E-state index in [0.717, 1.165) is 11.1 Å². The lowest BCUT2D eigenvalue weighted by molar-refractivity contribution is 1.01. The summed E-state index contributed by atoms with van der Waals surface area (Å²) in [6.45, 7) is 6.69. The zero-order valence-corrected chi connectivity index (χ0v) is 10.3. The molecule has 0 saturated carbocycles. The van der Waals surface area contributed by atoms with E-state index in [1.807, 2.05) is 6.26 Å². The summed E-state index contributed by atoms with van der Waals surface area (Å²) in [6.07, 6.45) is 3.40. The number of amidine groups is 1. The lowest BCUT2D eigenvalue weighted by Gasteiger charge is -2.04. The number of fused-ring (bicyclic) bond motifs is 1. The van der Waals surface area contributed by atoms with Crippen LogP contribution in [0.25, 0.3) is 15.7 Å². The van der Waals surface area contributed by atoms with E-state index in [1.165, 1.54) is 11.8 Å². The molecule has 6 nitrogen and oxygen atoms in total. The zero-order chi connectivity index (χ0) is 13.0. The maximum Gasteiger partial charge on any atom is 0.272 e. The van der Waals surface area contributed by atoms with Crippen LogP contribution in [0.1, 0.15) is 0 Å². The molecule has 0 atom stereocenters. The maximum atomic E-state index is 11.5. The van der Waals surface area contributed by atoms with Crippen LogP contribution in [0.2, 0.25) is 0 Å². The predicted octanol–water partition coefficient (Wildman–Crippen LogP) is 1.89. The third-order valence-corrected chi connectivity index (χ3v) is 2.82. The van der Waals surface area contributed by atoms with Crippen molar-refractivity contribution in [3.05, 3.63) is 46.3 Å². The molecule has 2 aromatic rings. The molecule has 0 bridgehead atoms. The molecule has 7 heteroatoms. The third-order valence-electron chi connectivity index (χ3n) is 2.25. The van der Waals surface area contributed by atoms with Crippen LogP contribution in [-0.2, 0) is 0 Å². The summed E-state index contributed by atoms with van der Waals surface area (Å²) < 4.78 is 0. The summed E-state index contributed by atoms with van der Waals surface area (Å²) in [4.78, 5) is 14.4. The number of nitrogens with one attached hydrogen (secondary N) is 2. The van der Waals surface area contributed by atoms with Crippen molar-refractivity contribution < 1.29 is 0 Å². The highest BCUT2D eigenvalue weighted by atomic mass is 32.2. The van der Waals surface area contributed by atoms with E-state index in [2.05, 4.69) is 25.6 Å². The molecule has 0 unspecified atom stereocenters. The third kappa shape index (κ3) is 2.49. The van der Waals surface area contributed by atoms with Gasteiger partial charge in [-0.1, -0.05) is 11.8 Å². The number of aromatic amines is 1. The molecule has 0 radical (unpaired) electrons. The van der Waals surface area contributed by atoms with E-state index in [4.69, 9.17) is 6.57 Å². The first kappa shape index (κ1) is 12.1. The van der Waals surface area contributed by atoms with E-state index in [9.17, 15) is 4.79 Å². The average Bonchev–Trinajstić information content (AvgIpc) is 2.38. The molecule has 90 valence electrons. The molecule has 0 amide bonds. The maximum absolute atomic E-state index is 11.5. The van der Waals surface area contributed by atoms with Crippen LogP contribution < -0.4 is 10.9 Å². The van der Waals surface area contributed by atoms with Crippen molar-refractivity contribution in [3.63, 3.8) is 0 Å². The molecule has 2 rings (SSSR count). The van der Waals surface area contributed by atoms with Gasteiger partial charge in [0, 0.05) is 11.1 Å². The first-order chi connectivity index (χ1) is 8.74. The number of aromatic nitrogens is 2. The number of H-pyrrole nitrogens is 1. The molecule has 0 spiro atoms. The largest absolute Gasteiger partial charge is 0.329 e.